The van der Waals surface area contributed by atoms with Gasteiger partial charge in [-0.3, -0.25) is 10.1 Å². The number of hydrogen-bond acceptors (Lipinski definition) is 3. The zero-order valence-corrected chi connectivity index (χ0v) is 9.26. The van der Waals surface area contributed by atoms with E-state index in [1.54, 1.807) is 6.07 Å². The third kappa shape index (κ3) is 2.26. The summed E-state index contributed by atoms with van der Waals surface area (Å²) in [6.45, 7) is 0. The van der Waals surface area contributed by atoms with Crippen molar-refractivity contribution in [2.24, 2.45) is 0 Å². The normalized spacial score (nSPS) is 10.5. The molecule has 0 fully saturated rings. The molecule has 0 spiro atoms. The minimum Gasteiger partial charge on any atom is -0.258 e. The maximum Gasteiger partial charge on any atom is 0.295 e. The molecule has 2 aromatic rings. The summed E-state index contributed by atoms with van der Waals surface area (Å²) in [7, 11) is 0. The molecule has 0 atom stereocenters. The second-order valence-corrected chi connectivity index (χ2v) is 3.54. The molecule has 0 N–H and O–H groups in total. The van der Waals surface area contributed by atoms with Crippen LogP contribution in [0.3, 0.4) is 0 Å². The minimum atomic E-state index is -0.586. The molecule has 0 aliphatic carbocycles. The third-order valence-electron chi connectivity index (χ3n) is 2.16. The first-order chi connectivity index (χ1) is 8.11. The molecule has 0 aliphatic rings. The van der Waals surface area contributed by atoms with Crippen molar-refractivity contribution in [3.05, 3.63) is 52.1 Å². The van der Waals surface area contributed by atoms with Gasteiger partial charge >= 0.3 is 0 Å². The predicted octanol–water partition coefficient (Wildman–Crippen LogP) is 2.66. The fourth-order valence-corrected chi connectivity index (χ4v) is 1.54. The maximum absolute atomic E-state index is 13.1. The molecular formula is C10H7ClFN3O2. The Labute approximate surface area is 101 Å². The molecule has 0 amide bonds. The van der Waals surface area contributed by atoms with Crippen LogP contribution in [0.4, 0.5) is 10.1 Å². The Hall–Kier alpha value is -1.95. The van der Waals surface area contributed by atoms with Gasteiger partial charge in [0.2, 0.25) is 0 Å². The standard InChI is InChI=1S/C10H7ClFN3O2/c11-6-8-3-4-14(13-8)10-5-7(12)1-2-9(10)15(16)17/h1-5H,6H2. The quantitative estimate of drug-likeness (QED) is 0.481. The lowest BCUT2D eigenvalue weighted by Gasteiger charge is -2.02. The summed E-state index contributed by atoms with van der Waals surface area (Å²) in [4.78, 5) is 10.2. The lowest BCUT2D eigenvalue weighted by molar-refractivity contribution is -0.384. The van der Waals surface area contributed by atoms with Crippen molar-refractivity contribution in [2.75, 3.05) is 0 Å². The summed E-state index contributed by atoms with van der Waals surface area (Å²) in [5.41, 5.74) is 0.423. The predicted molar refractivity (Wildman–Crippen MR) is 59.7 cm³/mol. The van der Waals surface area contributed by atoms with Crippen LogP contribution in [-0.2, 0) is 5.88 Å². The molecule has 0 saturated carbocycles. The molecule has 5 nitrogen and oxygen atoms in total. The smallest absolute Gasteiger partial charge is 0.258 e. The van der Waals surface area contributed by atoms with E-state index >= 15 is 0 Å². The van der Waals surface area contributed by atoms with Crippen LogP contribution in [0.2, 0.25) is 0 Å². The summed E-state index contributed by atoms with van der Waals surface area (Å²) < 4.78 is 14.3. The summed E-state index contributed by atoms with van der Waals surface area (Å²) in [6, 6.07) is 4.81. The van der Waals surface area contributed by atoms with Crippen molar-refractivity contribution in [3.8, 4) is 5.69 Å². The molecule has 7 heteroatoms. The molecule has 1 aromatic carbocycles. The van der Waals surface area contributed by atoms with Gasteiger partial charge in [-0.1, -0.05) is 0 Å². The number of rotatable bonds is 3. The zero-order valence-electron chi connectivity index (χ0n) is 8.51. The van der Waals surface area contributed by atoms with Crippen molar-refractivity contribution in [1.29, 1.82) is 0 Å². The number of benzene rings is 1. The second kappa shape index (κ2) is 4.50. The Bertz CT molecular complexity index is 570. The van der Waals surface area contributed by atoms with Crippen LogP contribution in [0.15, 0.2) is 30.5 Å². The number of nitro groups is 1. The van der Waals surface area contributed by atoms with Crippen LogP contribution in [0.25, 0.3) is 5.69 Å². The van der Waals surface area contributed by atoms with E-state index in [0.717, 1.165) is 18.2 Å². The number of nitro benzene ring substituents is 1. The van der Waals surface area contributed by atoms with Gasteiger partial charge in [0.05, 0.1) is 16.5 Å². The number of hydrogen-bond donors (Lipinski definition) is 0. The SMILES string of the molecule is O=[N+]([O-])c1ccc(F)cc1-n1ccc(CCl)n1. The Kier molecular flexibility index (Phi) is 3.06. The highest BCUT2D eigenvalue weighted by Crippen LogP contribution is 2.23. The molecule has 2 rings (SSSR count). The van der Waals surface area contributed by atoms with Gasteiger partial charge < -0.3 is 0 Å². The van der Waals surface area contributed by atoms with E-state index in [4.69, 9.17) is 11.6 Å². The Morgan fingerprint density at radius 1 is 1.47 bits per heavy atom. The molecule has 0 saturated heterocycles. The fraction of sp³-hybridized carbons (Fsp3) is 0.100. The zero-order chi connectivity index (χ0) is 12.4. The van der Waals surface area contributed by atoms with Crippen molar-refractivity contribution in [3.63, 3.8) is 0 Å². The van der Waals surface area contributed by atoms with Gasteiger partial charge in [-0.25, -0.2) is 9.07 Å². The summed E-state index contributed by atoms with van der Waals surface area (Å²) in [6.07, 6.45) is 1.50. The van der Waals surface area contributed by atoms with Crippen LogP contribution in [-0.4, -0.2) is 14.7 Å². The lowest BCUT2D eigenvalue weighted by atomic mass is 10.2. The summed E-state index contributed by atoms with van der Waals surface area (Å²) >= 11 is 5.58. The molecule has 1 aromatic heterocycles. The van der Waals surface area contributed by atoms with Gasteiger partial charge in [-0.05, 0) is 12.1 Å². The number of halogens is 2. The van der Waals surface area contributed by atoms with Gasteiger partial charge in [-0.15, -0.1) is 11.6 Å². The first kappa shape index (κ1) is 11.5. The van der Waals surface area contributed by atoms with E-state index in [1.165, 1.54) is 10.9 Å². The van der Waals surface area contributed by atoms with Crippen molar-refractivity contribution >= 4 is 17.3 Å². The van der Waals surface area contributed by atoms with Crippen molar-refractivity contribution in [1.82, 2.24) is 9.78 Å². The molecule has 0 bridgehead atoms. The summed E-state index contributed by atoms with van der Waals surface area (Å²) in [5.74, 6) is -0.371. The fourth-order valence-electron chi connectivity index (χ4n) is 1.40. The summed E-state index contributed by atoms with van der Waals surface area (Å²) in [5, 5.41) is 14.8. The van der Waals surface area contributed by atoms with Gasteiger partial charge in [0.15, 0.2) is 0 Å². The Morgan fingerprint density at radius 2 is 2.24 bits per heavy atom. The number of alkyl halides is 1. The molecule has 0 aliphatic heterocycles. The molecule has 0 unspecified atom stereocenters. The Morgan fingerprint density at radius 3 is 2.82 bits per heavy atom. The van der Waals surface area contributed by atoms with Crippen molar-refractivity contribution in [2.45, 2.75) is 5.88 Å². The van der Waals surface area contributed by atoms with E-state index in [0.29, 0.717) is 5.69 Å². The van der Waals surface area contributed by atoms with Crippen LogP contribution < -0.4 is 0 Å². The van der Waals surface area contributed by atoms with E-state index in [2.05, 4.69) is 5.10 Å². The second-order valence-electron chi connectivity index (χ2n) is 3.28. The highest BCUT2D eigenvalue weighted by Gasteiger charge is 2.16. The van der Waals surface area contributed by atoms with E-state index < -0.39 is 10.7 Å². The van der Waals surface area contributed by atoms with Gasteiger partial charge in [0, 0.05) is 18.3 Å². The molecule has 17 heavy (non-hydrogen) atoms. The van der Waals surface area contributed by atoms with E-state index in [9.17, 15) is 14.5 Å². The average Bonchev–Trinajstić information content (AvgIpc) is 2.76. The molecule has 0 radical (unpaired) electrons. The van der Waals surface area contributed by atoms with Crippen LogP contribution in [0, 0.1) is 15.9 Å². The van der Waals surface area contributed by atoms with Gasteiger partial charge in [0.1, 0.15) is 11.5 Å². The van der Waals surface area contributed by atoms with Crippen LogP contribution >= 0.6 is 11.6 Å². The lowest BCUT2D eigenvalue weighted by Crippen LogP contribution is -2.01. The first-order valence-corrected chi connectivity index (χ1v) is 5.20. The molecular weight excluding hydrogens is 249 g/mol. The first-order valence-electron chi connectivity index (χ1n) is 4.66. The van der Waals surface area contributed by atoms with Crippen LogP contribution in [0.1, 0.15) is 5.69 Å². The molecule has 88 valence electrons. The van der Waals surface area contributed by atoms with Crippen LogP contribution in [0.5, 0.6) is 0 Å². The highest BCUT2D eigenvalue weighted by atomic mass is 35.5. The van der Waals surface area contributed by atoms with Gasteiger partial charge in [0.25, 0.3) is 5.69 Å². The van der Waals surface area contributed by atoms with E-state index in [1.807, 2.05) is 0 Å². The van der Waals surface area contributed by atoms with Crippen molar-refractivity contribution < 1.29 is 9.31 Å². The monoisotopic (exact) mass is 255 g/mol. The third-order valence-corrected chi connectivity index (χ3v) is 2.44. The molecule has 1 heterocycles. The highest BCUT2D eigenvalue weighted by molar-refractivity contribution is 6.16. The Balaban J connectivity index is 2.56. The largest absolute Gasteiger partial charge is 0.295 e. The maximum atomic E-state index is 13.1. The minimum absolute atomic E-state index is 0.0753. The van der Waals surface area contributed by atoms with E-state index in [-0.39, 0.29) is 17.3 Å². The number of aromatic nitrogens is 2. The topological polar surface area (TPSA) is 61.0 Å². The van der Waals surface area contributed by atoms with Gasteiger partial charge in [-0.2, -0.15) is 5.10 Å². The number of nitrogens with zero attached hydrogens (tertiary/aromatic N) is 3. The average molecular weight is 256 g/mol.